The van der Waals surface area contributed by atoms with Gasteiger partial charge in [0.2, 0.25) is 5.13 Å². The average molecular weight is 383 g/mol. The van der Waals surface area contributed by atoms with Crippen molar-refractivity contribution in [2.75, 3.05) is 19.0 Å². The van der Waals surface area contributed by atoms with Crippen LogP contribution in [-0.2, 0) is 12.8 Å². The van der Waals surface area contributed by atoms with Gasteiger partial charge in [0, 0.05) is 12.0 Å². The number of hydrogen-bond acceptors (Lipinski definition) is 6. The Labute approximate surface area is 162 Å². The number of aryl methyl sites for hydroxylation is 2. The molecule has 1 N–H and O–H groups in total. The molecule has 0 aliphatic rings. The van der Waals surface area contributed by atoms with Gasteiger partial charge in [0.05, 0.1) is 13.7 Å². The predicted octanol–water partition coefficient (Wildman–Crippen LogP) is 3.98. The van der Waals surface area contributed by atoms with Crippen LogP contribution in [0.4, 0.5) is 5.13 Å². The zero-order valence-electron chi connectivity index (χ0n) is 15.3. The second kappa shape index (κ2) is 9.14. The second-order valence-electron chi connectivity index (χ2n) is 5.76. The zero-order valence-corrected chi connectivity index (χ0v) is 16.1. The third-order valence-corrected chi connectivity index (χ3v) is 4.80. The van der Waals surface area contributed by atoms with Gasteiger partial charge in [-0.3, -0.25) is 10.1 Å². The topological polar surface area (TPSA) is 73.3 Å². The molecule has 0 bridgehead atoms. The largest absolute Gasteiger partial charge is 0.497 e. The third-order valence-electron chi connectivity index (χ3n) is 3.90. The Balaban J connectivity index is 1.54. The van der Waals surface area contributed by atoms with Crippen molar-refractivity contribution >= 4 is 22.4 Å². The lowest BCUT2D eigenvalue weighted by atomic mass is 10.1. The van der Waals surface area contributed by atoms with Crippen LogP contribution in [-0.4, -0.2) is 29.8 Å². The summed E-state index contributed by atoms with van der Waals surface area (Å²) in [7, 11) is 1.65. The maximum atomic E-state index is 12.3. The van der Waals surface area contributed by atoms with E-state index in [1.165, 1.54) is 16.9 Å². The van der Waals surface area contributed by atoms with Gasteiger partial charge in [-0.1, -0.05) is 23.5 Å². The molecule has 0 atom stereocenters. The summed E-state index contributed by atoms with van der Waals surface area (Å²) < 4.78 is 10.5. The number of nitrogens with one attached hydrogen (secondary N) is 1. The minimum absolute atomic E-state index is 0.212. The maximum Gasteiger partial charge on any atom is 0.257 e. The van der Waals surface area contributed by atoms with Crippen LogP contribution in [0.15, 0.2) is 48.5 Å². The number of methoxy groups -OCH3 is 1. The molecule has 1 aromatic heterocycles. The number of amides is 1. The normalized spacial score (nSPS) is 10.4. The van der Waals surface area contributed by atoms with Gasteiger partial charge in [0.25, 0.3) is 5.91 Å². The van der Waals surface area contributed by atoms with Crippen LogP contribution in [0.3, 0.4) is 0 Å². The first-order valence-electron chi connectivity index (χ1n) is 8.67. The first-order valence-corrected chi connectivity index (χ1v) is 9.49. The number of anilines is 1. The second-order valence-corrected chi connectivity index (χ2v) is 6.82. The van der Waals surface area contributed by atoms with Crippen LogP contribution in [0.5, 0.6) is 11.5 Å². The molecule has 140 valence electrons. The fraction of sp³-hybridized carbons (Fsp3) is 0.250. The van der Waals surface area contributed by atoms with Crippen molar-refractivity contribution < 1.29 is 14.3 Å². The quantitative estimate of drug-likeness (QED) is 0.637. The van der Waals surface area contributed by atoms with Crippen LogP contribution in [0.2, 0.25) is 0 Å². The Hall–Kier alpha value is -2.93. The molecule has 0 saturated carbocycles. The van der Waals surface area contributed by atoms with Crippen molar-refractivity contribution in [2.24, 2.45) is 0 Å². The van der Waals surface area contributed by atoms with E-state index in [2.05, 4.69) is 15.5 Å². The summed E-state index contributed by atoms with van der Waals surface area (Å²) in [5.74, 6) is 1.37. The molecule has 2 aromatic carbocycles. The van der Waals surface area contributed by atoms with Crippen molar-refractivity contribution in [3.05, 3.63) is 64.7 Å². The predicted molar refractivity (Wildman–Crippen MR) is 106 cm³/mol. The summed E-state index contributed by atoms with van der Waals surface area (Å²) >= 11 is 1.39. The molecule has 0 aliphatic heterocycles. The molecule has 1 amide bonds. The molecule has 1 heterocycles. The van der Waals surface area contributed by atoms with Crippen molar-refractivity contribution in [1.82, 2.24) is 10.2 Å². The van der Waals surface area contributed by atoms with E-state index in [9.17, 15) is 4.79 Å². The molecule has 0 spiro atoms. The van der Waals surface area contributed by atoms with E-state index in [1.807, 2.05) is 31.2 Å². The lowest BCUT2D eigenvalue weighted by Gasteiger charge is -2.04. The van der Waals surface area contributed by atoms with E-state index in [1.54, 1.807) is 31.4 Å². The highest BCUT2D eigenvalue weighted by Crippen LogP contribution is 2.20. The maximum absolute atomic E-state index is 12.3. The fourth-order valence-corrected chi connectivity index (χ4v) is 3.22. The van der Waals surface area contributed by atoms with Gasteiger partial charge < -0.3 is 9.47 Å². The Morgan fingerprint density at radius 1 is 1.00 bits per heavy atom. The number of hydrogen-bond donors (Lipinski definition) is 1. The molecular weight excluding hydrogens is 362 g/mol. The van der Waals surface area contributed by atoms with Crippen LogP contribution in [0, 0.1) is 0 Å². The monoisotopic (exact) mass is 383 g/mol. The van der Waals surface area contributed by atoms with Gasteiger partial charge in [0.1, 0.15) is 16.5 Å². The van der Waals surface area contributed by atoms with Gasteiger partial charge in [-0.15, -0.1) is 10.2 Å². The number of benzene rings is 2. The summed E-state index contributed by atoms with van der Waals surface area (Å²) in [6.07, 6.45) is 1.62. The minimum atomic E-state index is -0.212. The van der Waals surface area contributed by atoms with E-state index < -0.39 is 0 Å². The number of nitrogens with zero attached hydrogens (tertiary/aromatic N) is 2. The molecule has 0 saturated heterocycles. The summed E-state index contributed by atoms with van der Waals surface area (Å²) in [6.45, 7) is 2.51. The Bertz CT molecular complexity index is 876. The highest BCUT2D eigenvalue weighted by atomic mass is 32.1. The molecule has 3 rings (SSSR count). The summed E-state index contributed by atoms with van der Waals surface area (Å²) in [6, 6.07) is 15.0. The van der Waals surface area contributed by atoms with Crippen molar-refractivity contribution in [3.63, 3.8) is 0 Å². The molecule has 6 nitrogen and oxygen atoms in total. The highest BCUT2D eigenvalue weighted by Gasteiger charge is 2.10. The molecular formula is C20H21N3O3S. The highest BCUT2D eigenvalue weighted by molar-refractivity contribution is 7.15. The lowest BCUT2D eigenvalue weighted by Crippen LogP contribution is -2.11. The van der Waals surface area contributed by atoms with Crippen molar-refractivity contribution in [1.29, 1.82) is 0 Å². The fourth-order valence-electron chi connectivity index (χ4n) is 2.49. The van der Waals surface area contributed by atoms with Gasteiger partial charge in [-0.2, -0.15) is 0 Å². The molecule has 27 heavy (non-hydrogen) atoms. The molecule has 0 radical (unpaired) electrons. The smallest absolute Gasteiger partial charge is 0.257 e. The number of rotatable bonds is 8. The minimum Gasteiger partial charge on any atom is -0.497 e. The number of carbonyl (C=O) groups excluding carboxylic acids is 1. The van der Waals surface area contributed by atoms with Crippen LogP contribution >= 0.6 is 11.3 Å². The standard InChI is InChI=1S/C20H21N3O3S/c1-3-26-17-11-7-15(8-12-17)19(24)21-20-23-22-18(27-20)13-6-14-4-9-16(25-2)10-5-14/h4-5,7-12H,3,6,13H2,1-2H3,(H,21,23,24). The SMILES string of the molecule is CCOc1ccc(C(=O)Nc2nnc(CCc3ccc(OC)cc3)s2)cc1. The van der Waals surface area contributed by atoms with E-state index in [4.69, 9.17) is 9.47 Å². The van der Waals surface area contributed by atoms with Crippen molar-refractivity contribution in [2.45, 2.75) is 19.8 Å². The Morgan fingerprint density at radius 2 is 1.70 bits per heavy atom. The first kappa shape index (κ1) is 18.8. The van der Waals surface area contributed by atoms with Gasteiger partial charge >= 0.3 is 0 Å². The molecule has 0 unspecified atom stereocenters. The van der Waals surface area contributed by atoms with E-state index >= 15 is 0 Å². The third kappa shape index (κ3) is 5.27. The van der Waals surface area contributed by atoms with E-state index in [-0.39, 0.29) is 5.91 Å². The molecule has 0 fully saturated rings. The zero-order chi connectivity index (χ0) is 19.1. The number of carbonyl (C=O) groups is 1. The molecule has 0 aliphatic carbocycles. The number of aromatic nitrogens is 2. The van der Waals surface area contributed by atoms with Crippen LogP contribution in [0.1, 0.15) is 27.9 Å². The average Bonchev–Trinajstić information content (AvgIpc) is 3.15. The molecule has 3 aromatic rings. The number of ether oxygens (including phenoxy) is 2. The Kier molecular flexibility index (Phi) is 6.38. The Morgan fingerprint density at radius 3 is 2.37 bits per heavy atom. The summed E-state index contributed by atoms with van der Waals surface area (Å²) in [5.41, 5.74) is 1.75. The first-order chi connectivity index (χ1) is 13.2. The van der Waals surface area contributed by atoms with Gasteiger partial charge in [0.15, 0.2) is 0 Å². The van der Waals surface area contributed by atoms with Crippen molar-refractivity contribution in [3.8, 4) is 11.5 Å². The summed E-state index contributed by atoms with van der Waals surface area (Å²) in [4.78, 5) is 12.3. The van der Waals surface area contributed by atoms with E-state index in [0.717, 1.165) is 29.3 Å². The van der Waals surface area contributed by atoms with Gasteiger partial charge in [-0.25, -0.2) is 0 Å². The lowest BCUT2D eigenvalue weighted by molar-refractivity contribution is 0.102. The van der Waals surface area contributed by atoms with Crippen LogP contribution < -0.4 is 14.8 Å². The summed E-state index contributed by atoms with van der Waals surface area (Å²) in [5, 5.41) is 12.4. The van der Waals surface area contributed by atoms with Gasteiger partial charge in [-0.05, 0) is 55.3 Å². The van der Waals surface area contributed by atoms with E-state index in [0.29, 0.717) is 17.3 Å². The van der Waals surface area contributed by atoms with Crippen LogP contribution in [0.25, 0.3) is 0 Å². The molecule has 7 heteroatoms.